The van der Waals surface area contributed by atoms with Gasteiger partial charge in [0.15, 0.2) is 5.78 Å². The van der Waals surface area contributed by atoms with Crippen molar-refractivity contribution in [2.75, 3.05) is 20.2 Å². The number of methoxy groups -OCH3 is 1. The molecule has 5 rings (SSSR count). The fourth-order valence-electron chi connectivity index (χ4n) is 5.90. The molecule has 0 amide bonds. The first kappa shape index (κ1) is 16.7. The van der Waals surface area contributed by atoms with Gasteiger partial charge in [-0.15, -0.1) is 0 Å². The first-order chi connectivity index (χ1) is 12.5. The smallest absolute Gasteiger partial charge is 0.150 e. The fourth-order valence-corrected chi connectivity index (χ4v) is 5.90. The zero-order valence-corrected chi connectivity index (χ0v) is 15.4. The largest absolute Gasteiger partial charge is 0.497 e. The molecule has 3 N–H and O–H groups in total. The van der Waals surface area contributed by atoms with Crippen LogP contribution in [-0.2, 0) is 16.6 Å². The molecule has 4 atom stereocenters. The Bertz CT molecular complexity index is 762. The number of benzene rings is 1. The minimum absolute atomic E-state index is 0.0527. The second kappa shape index (κ2) is 5.54. The third kappa shape index (κ3) is 2.17. The maximum Gasteiger partial charge on any atom is 0.150 e. The summed E-state index contributed by atoms with van der Waals surface area (Å²) in [4.78, 5) is 15.1. The predicted octanol–water partition coefficient (Wildman–Crippen LogP) is 1.39. The van der Waals surface area contributed by atoms with Crippen LogP contribution in [0.4, 0.5) is 0 Å². The van der Waals surface area contributed by atoms with E-state index in [0.29, 0.717) is 12.8 Å². The maximum atomic E-state index is 12.6. The molecule has 26 heavy (non-hydrogen) atoms. The number of piperidine rings is 1. The lowest BCUT2D eigenvalue weighted by Crippen LogP contribution is -2.75. The van der Waals surface area contributed by atoms with Crippen LogP contribution in [0.15, 0.2) is 18.2 Å². The number of ether oxygens (including phenoxy) is 1. The average molecular weight is 356 g/mol. The highest BCUT2D eigenvalue weighted by molar-refractivity contribution is 5.87. The van der Waals surface area contributed by atoms with E-state index >= 15 is 0 Å². The molecule has 0 spiro atoms. The number of nitrogens with two attached hydrogens (primary N) is 1. The van der Waals surface area contributed by atoms with Gasteiger partial charge >= 0.3 is 0 Å². The summed E-state index contributed by atoms with van der Waals surface area (Å²) >= 11 is 0. The summed E-state index contributed by atoms with van der Waals surface area (Å²) in [6.45, 7) is 2.01. The van der Waals surface area contributed by atoms with Crippen LogP contribution < -0.4 is 10.5 Å². The van der Waals surface area contributed by atoms with E-state index < -0.39 is 17.1 Å². The maximum absolute atomic E-state index is 12.6. The van der Waals surface area contributed by atoms with Gasteiger partial charge in [0, 0.05) is 30.8 Å². The molecule has 4 aliphatic rings. The summed E-state index contributed by atoms with van der Waals surface area (Å²) < 4.78 is 5.46. The van der Waals surface area contributed by atoms with Crippen molar-refractivity contribution in [3.05, 3.63) is 29.3 Å². The van der Waals surface area contributed by atoms with Gasteiger partial charge in [-0.05, 0) is 61.4 Å². The first-order valence-electron chi connectivity index (χ1n) is 9.89. The Labute approximate surface area is 154 Å². The molecule has 0 aromatic heterocycles. The highest BCUT2D eigenvalue weighted by Gasteiger charge is 2.66. The number of ketones is 1. The van der Waals surface area contributed by atoms with Crippen molar-refractivity contribution >= 4 is 5.78 Å². The lowest BCUT2D eigenvalue weighted by Gasteiger charge is -2.64. The molecule has 1 aromatic rings. The fraction of sp³-hybridized carbons (Fsp3) is 0.667. The second-order valence-electron chi connectivity index (χ2n) is 8.89. The van der Waals surface area contributed by atoms with Crippen LogP contribution in [0.3, 0.4) is 0 Å². The minimum Gasteiger partial charge on any atom is -0.497 e. The first-order valence-corrected chi connectivity index (χ1v) is 9.89. The molecule has 0 unspecified atom stereocenters. The number of likely N-dealkylation sites (tertiary alicyclic amines) is 1. The number of fused-ring (bicyclic) bond motifs is 1. The Hall–Kier alpha value is -1.43. The third-order valence-electron chi connectivity index (χ3n) is 7.50. The molecule has 1 heterocycles. The van der Waals surface area contributed by atoms with Crippen molar-refractivity contribution in [2.24, 2.45) is 11.7 Å². The summed E-state index contributed by atoms with van der Waals surface area (Å²) in [6.07, 6.45) is 4.96. The third-order valence-corrected chi connectivity index (χ3v) is 7.50. The molecule has 3 aliphatic carbocycles. The zero-order valence-electron chi connectivity index (χ0n) is 15.4. The van der Waals surface area contributed by atoms with Gasteiger partial charge in [0.2, 0.25) is 0 Å². The Morgan fingerprint density at radius 3 is 2.92 bits per heavy atom. The number of hydrogen-bond acceptors (Lipinski definition) is 5. The molecule has 2 bridgehead atoms. The molecule has 140 valence electrons. The number of carbonyl (C=O) groups is 1. The Morgan fingerprint density at radius 1 is 1.38 bits per heavy atom. The van der Waals surface area contributed by atoms with E-state index in [2.05, 4.69) is 17.0 Å². The Morgan fingerprint density at radius 2 is 2.19 bits per heavy atom. The number of carbonyl (C=O) groups excluding carboxylic acids is 1. The van der Waals surface area contributed by atoms with E-state index in [1.54, 1.807) is 7.11 Å². The highest BCUT2D eigenvalue weighted by atomic mass is 16.5. The van der Waals surface area contributed by atoms with Gasteiger partial charge in [-0.3, -0.25) is 9.69 Å². The van der Waals surface area contributed by atoms with Gasteiger partial charge in [0.25, 0.3) is 0 Å². The zero-order chi connectivity index (χ0) is 18.1. The minimum atomic E-state index is -0.938. The van der Waals surface area contributed by atoms with Crippen LogP contribution in [-0.4, -0.2) is 53.7 Å². The molecule has 2 saturated carbocycles. The highest BCUT2D eigenvalue weighted by Crippen LogP contribution is 2.58. The van der Waals surface area contributed by atoms with Gasteiger partial charge in [-0.1, -0.05) is 6.07 Å². The number of nitrogens with zero attached hydrogens (tertiary/aromatic N) is 1. The van der Waals surface area contributed by atoms with Crippen molar-refractivity contribution in [1.82, 2.24) is 4.90 Å². The van der Waals surface area contributed by atoms with E-state index in [9.17, 15) is 9.90 Å². The van der Waals surface area contributed by atoms with Crippen molar-refractivity contribution in [3.8, 4) is 5.75 Å². The molecular formula is C21H28N2O3. The number of aliphatic hydroxyl groups is 1. The molecule has 1 saturated heterocycles. The van der Waals surface area contributed by atoms with E-state index in [0.717, 1.165) is 43.2 Å². The van der Waals surface area contributed by atoms with Crippen molar-refractivity contribution in [2.45, 2.75) is 61.6 Å². The summed E-state index contributed by atoms with van der Waals surface area (Å²) in [7, 11) is 1.66. The molecule has 1 aromatic carbocycles. The van der Waals surface area contributed by atoms with E-state index in [1.165, 1.54) is 18.4 Å². The Balaban J connectivity index is 1.65. The molecule has 0 radical (unpaired) electrons. The number of hydrogen-bond donors (Lipinski definition) is 2. The molecule has 3 fully saturated rings. The molecule has 5 heteroatoms. The topological polar surface area (TPSA) is 75.8 Å². The molecular weight excluding hydrogens is 328 g/mol. The monoisotopic (exact) mass is 356 g/mol. The lowest BCUT2D eigenvalue weighted by atomic mass is 9.48. The van der Waals surface area contributed by atoms with E-state index in [-0.39, 0.29) is 11.8 Å². The normalized spacial score (nSPS) is 39.3. The van der Waals surface area contributed by atoms with Crippen molar-refractivity contribution in [3.63, 3.8) is 0 Å². The van der Waals surface area contributed by atoms with Crippen LogP contribution in [0.25, 0.3) is 0 Å². The van der Waals surface area contributed by atoms with Crippen molar-refractivity contribution < 1.29 is 14.6 Å². The van der Waals surface area contributed by atoms with Crippen LogP contribution in [0.1, 0.15) is 43.2 Å². The summed E-state index contributed by atoms with van der Waals surface area (Å²) in [5.74, 6) is 1.66. The van der Waals surface area contributed by atoms with Gasteiger partial charge < -0.3 is 15.6 Å². The van der Waals surface area contributed by atoms with Crippen molar-refractivity contribution in [1.29, 1.82) is 0 Å². The Kier molecular flexibility index (Phi) is 3.56. The summed E-state index contributed by atoms with van der Waals surface area (Å²) in [6, 6.07) is 5.68. The predicted molar refractivity (Wildman–Crippen MR) is 98.2 cm³/mol. The second-order valence-corrected chi connectivity index (χ2v) is 8.89. The van der Waals surface area contributed by atoms with Crippen LogP contribution >= 0.6 is 0 Å². The van der Waals surface area contributed by atoms with Crippen LogP contribution in [0.2, 0.25) is 0 Å². The number of rotatable bonds is 3. The van der Waals surface area contributed by atoms with Gasteiger partial charge in [-0.25, -0.2) is 0 Å². The van der Waals surface area contributed by atoms with Gasteiger partial charge in [0.1, 0.15) is 5.75 Å². The average Bonchev–Trinajstić information content (AvgIpc) is 3.43. The van der Waals surface area contributed by atoms with Gasteiger partial charge in [-0.2, -0.15) is 0 Å². The quantitative estimate of drug-likeness (QED) is 0.856. The summed E-state index contributed by atoms with van der Waals surface area (Å²) in [5, 5.41) is 12.0. The van der Waals surface area contributed by atoms with Crippen LogP contribution in [0.5, 0.6) is 5.75 Å². The molecule has 1 aliphatic heterocycles. The van der Waals surface area contributed by atoms with Gasteiger partial charge in [0.05, 0.1) is 18.8 Å². The van der Waals surface area contributed by atoms with E-state index in [1.807, 2.05) is 6.07 Å². The van der Waals surface area contributed by atoms with E-state index in [4.69, 9.17) is 10.5 Å². The molecule has 5 nitrogen and oxygen atoms in total. The van der Waals surface area contributed by atoms with Crippen LogP contribution in [0, 0.1) is 5.92 Å². The SMILES string of the molecule is COc1ccc2c(c1)[C@]13CCN(CC4CC4)[C@H](C2)[C@]1(O)C[C@H](N)C(=O)C3. The number of Topliss-reactive ketones (excluding diaryl/α,β-unsaturated/α-hetero) is 1. The standard InChI is InChI=1S/C21H28N2O3/c1-26-15-5-4-14-8-19-21(25)10-17(22)18(24)11-20(21,16(14)9-15)6-7-23(19)12-13-2-3-13/h4-5,9,13,17,19,25H,2-3,6-8,10-12,22H2,1H3/t17-,19+,20+,21+/m0/s1. The lowest BCUT2D eigenvalue weighted by molar-refractivity contribution is -0.175. The summed E-state index contributed by atoms with van der Waals surface area (Å²) in [5.41, 5.74) is 7.06.